The Hall–Kier alpha value is -2.53. The maximum atomic E-state index is 12.9. The highest BCUT2D eigenvalue weighted by Gasteiger charge is 2.27. The van der Waals surface area contributed by atoms with E-state index in [1.807, 2.05) is 12.1 Å². The average molecular weight is 412 g/mol. The molecule has 2 aliphatic rings. The van der Waals surface area contributed by atoms with Crippen molar-refractivity contribution in [2.24, 2.45) is 5.92 Å². The van der Waals surface area contributed by atoms with Gasteiger partial charge in [0.25, 0.3) is 11.8 Å². The summed E-state index contributed by atoms with van der Waals surface area (Å²) in [6.07, 6.45) is 4.31. The number of halogens is 1. The second-order valence-electron chi connectivity index (χ2n) is 8.08. The van der Waals surface area contributed by atoms with Crippen LogP contribution in [0.4, 0.5) is 11.4 Å². The minimum atomic E-state index is -0.288. The number of hydrogen-bond acceptors (Lipinski definition) is 3. The summed E-state index contributed by atoms with van der Waals surface area (Å²) in [4.78, 5) is 27.8. The topological polar surface area (TPSA) is 61.4 Å². The lowest BCUT2D eigenvalue weighted by Crippen LogP contribution is -2.35. The summed E-state index contributed by atoms with van der Waals surface area (Å²) in [5.41, 5.74) is 2.55. The van der Waals surface area contributed by atoms with Gasteiger partial charge in [-0.05, 0) is 61.9 Å². The van der Waals surface area contributed by atoms with E-state index in [0.717, 1.165) is 44.5 Å². The van der Waals surface area contributed by atoms with E-state index < -0.39 is 0 Å². The van der Waals surface area contributed by atoms with Crippen LogP contribution in [0.5, 0.6) is 0 Å². The van der Waals surface area contributed by atoms with Crippen molar-refractivity contribution < 1.29 is 9.59 Å². The standard InChI is InChI=1S/C23H26ClN3O2/c1-15-10-12-27(13-11-15)21-9-8-17(14-19(21)23(29)25-16-6-7-16)26-22(28)18-4-2-3-5-20(18)24/h2-5,8-9,14-16H,6-7,10-13H2,1H3,(H,25,29)(H,26,28). The summed E-state index contributed by atoms with van der Waals surface area (Å²) in [6.45, 7) is 4.15. The van der Waals surface area contributed by atoms with Crippen LogP contribution in [-0.4, -0.2) is 30.9 Å². The van der Waals surface area contributed by atoms with Crippen LogP contribution in [0.25, 0.3) is 0 Å². The molecule has 0 unspecified atom stereocenters. The maximum absolute atomic E-state index is 12.9. The Morgan fingerprint density at radius 1 is 0.966 bits per heavy atom. The predicted octanol–water partition coefficient (Wildman–Crippen LogP) is 4.72. The van der Waals surface area contributed by atoms with E-state index in [1.54, 1.807) is 30.3 Å². The number of nitrogens with one attached hydrogen (secondary N) is 2. The van der Waals surface area contributed by atoms with Gasteiger partial charge in [0.15, 0.2) is 0 Å². The van der Waals surface area contributed by atoms with Gasteiger partial charge in [0, 0.05) is 30.5 Å². The van der Waals surface area contributed by atoms with Crippen molar-refractivity contribution in [3.63, 3.8) is 0 Å². The molecule has 4 rings (SSSR count). The van der Waals surface area contributed by atoms with Crippen LogP contribution in [0, 0.1) is 5.92 Å². The van der Waals surface area contributed by atoms with Gasteiger partial charge in [-0.1, -0.05) is 30.7 Å². The molecule has 6 heteroatoms. The highest BCUT2D eigenvalue weighted by atomic mass is 35.5. The van der Waals surface area contributed by atoms with Crippen molar-refractivity contribution in [1.82, 2.24) is 5.32 Å². The SMILES string of the molecule is CC1CCN(c2ccc(NC(=O)c3ccccc3Cl)cc2C(=O)NC2CC2)CC1. The highest BCUT2D eigenvalue weighted by molar-refractivity contribution is 6.34. The summed E-state index contributed by atoms with van der Waals surface area (Å²) in [5.74, 6) is 0.350. The van der Waals surface area contributed by atoms with Gasteiger partial charge in [-0.25, -0.2) is 0 Å². The lowest BCUT2D eigenvalue weighted by molar-refractivity contribution is 0.0950. The third-order valence-electron chi connectivity index (χ3n) is 5.65. The number of nitrogens with zero attached hydrogens (tertiary/aromatic N) is 1. The summed E-state index contributed by atoms with van der Waals surface area (Å²) in [7, 11) is 0. The van der Waals surface area contributed by atoms with Crippen LogP contribution in [0.15, 0.2) is 42.5 Å². The van der Waals surface area contributed by atoms with E-state index in [1.165, 1.54) is 0 Å². The van der Waals surface area contributed by atoms with Crippen molar-refractivity contribution in [2.75, 3.05) is 23.3 Å². The number of piperidine rings is 1. The quantitative estimate of drug-likeness (QED) is 0.748. The fourth-order valence-corrected chi connectivity index (χ4v) is 3.88. The number of carbonyl (C=O) groups excluding carboxylic acids is 2. The molecule has 29 heavy (non-hydrogen) atoms. The molecule has 0 radical (unpaired) electrons. The summed E-state index contributed by atoms with van der Waals surface area (Å²) in [5, 5.41) is 6.36. The molecule has 2 aromatic rings. The van der Waals surface area contributed by atoms with Crippen LogP contribution in [0.2, 0.25) is 5.02 Å². The molecule has 1 heterocycles. The van der Waals surface area contributed by atoms with Crippen LogP contribution < -0.4 is 15.5 Å². The summed E-state index contributed by atoms with van der Waals surface area (Å²) >= 11 is 6.14. The monoisotopic (exact) mass is 411 g/mol. The maximum Gasteiger partial charge on any atom is 0.257 e. The lowest BCUT2D eigenvalue weighted by atomic mass is 9.97. The van der Waals surface area contributed by atoms with Gasteiger partial charge in [-0.2, -0.15) is 0 Å². The van der Waals surface area contributed by atoms with E-state index in [2.05, 4.69) is 22.5 Å². The first-order valence-electron chi connectivity index (χ1n) is 10.3. The van der Waals surface area contributed by atoms with Gasteiger partial charge >= 0.3 is 0 Å². The first kappa shape index (κ1) is 19.8. The van der Waals surface area contributed by atoms with E-state index >= 15 is 0 Å². The smallest absolute Gasteiger partial charge is 0.257 e. The highest BCUT2D eigenvalue weighted by Crippen LogP contribution is 2.30. The number of benzene rings is 2. The van der Waals surface area contributed by atoms with Gasteiger partial charge in [0.2, 0.25) is 0 Å². The first-order valence-corrected chi connectivity index (χ1v) is 10.6. The van der Waals surface area contributed by atoms with E-state index in [4.69, 9.17) is 11.6 Å². The summed E-state index contributed by atoms with van der Waals surface area (Å²) < 4.78 is 0. The largest absolute Gasteiger partial charge is 0.371 e. The Labute approximate surface area is 176 Å². The number of hydrogen-bond donors (Lipinski definition) is 2. The van der Waals surface area contributed by atoms with Crippen LogP contribution in [-0.2, 0) is 0 Å². The average Bonchev–Trinajstić information content (AvgIpc) is 3.53. The fraction of sp³-hybridized carbons (Fsp3) is 0.391. The molecule has 152 valence electrons. The van der Waals surface area contributed by atoms with Crippen molar-refractivity contribution in [3.05, 3.63) is 58.6 Å². The number of anilines is 2. The van der Waals surface area contributed by atoms with Gasteiger partial charge in [0.05, 0.1) is 16.1 Å². The Bertz CT molecular complexity index is 918. The molecule has 0 atom stereocenters. The second kappa shape index (κ2) is 8.46. The molecule has 1 aliphatic carbocycles. The van der Waals surface area contributed by atoms with Crippen molar-refractivity contribution in [2.45, 2.75) is 38.6 Å². The first-order chi connectivity index (χ1) is 14.0. The fourth-order valence-electron chi connectivity index (χ4n) is 3.66. The lowest BCUT2D eigenvalue weighted by Gasteiger charge is -2.33. The third-order valence-corrected chi connectivity index (χ3v) is 5.98. The van der Waals surface area contributed by atoms with Gasteiger partial charge in [-0.15, -0.1) is 0 Å². The van der Waals surface area contributed by atoms with Crippen LogP contribution >= 0.6 is 11.6 Å². The molecule has 2 aromatic carbocycles. The molecular weight excluding hydrogens is 386 g/mol. The molecule has 1 saturated carbocycles. The minimum Gasteiger partial charge on any atom is -0.371 e. The molecule has 1 aliphatic heterocycles. The van der Waals surface area contributed by atoms with Gasteiger partial charge < -0.3 is 15.5 Å². The molecule has 2 amide bonds. The Balaban J connectivity index is 1.59. The molecule has 0 bridgehead atoms. The zero-order chi connectivity index (χ0) is 20.4. The molecule has 2 fully saturated rings. The normalized spacial score (nSPS) is 17.1. The van der Waals surface area contributed by atoms with E-state index in [-0.39, 0.29) is 17.9 Å². The Kier molecular flexibility index (Phi) is 5.76. The zero-order valence-electron chi connectivity index (χ0n) is 16.6. The zero-order valence-corrected chi connectivity index (χ0v) is 17.3. The number of carbonyl (C=O) groups is 2. The minimum absolute atomic E-state index is 0.0741. The molecule has 1 saturated heterocycles. The Morgan fingerprint density at radius 2 is 1.69 bits per heavy atom. The van der Waals surface area contributed by atoms with Crippen molar-refractivity contribution in [3.8, 4) is 0 Å². The Morgan fingerprint density at radius 3 is 2.38 bits per heavy atom. The van der Waals surface area contributed by atoms with Crippen molar-refractivity contribution in [1.29, 1.82) is 0 Å². The molecule has 5 nitrogen and oxygen atoms in total. The molecule has 0 aromatic heterocycles. The molecule has 2 N–H and O–H groups in total. The van der Waals surface area contributed by atoms with Crippen LogP contribution in [0.3, 0.4) is 0 Å². The van der Waals surface area contributed by atoms with E-state index in [9.17, 15) is 9.59 Å². The number of amides is 2. The molecular formula is C23H26ClN3O2. The second-order valence-corrected chi connectivity index (χ2v) is 8.49. The van der Waals surface area contributed by atoms with Gasteiger partial charge in [-0.3, -0.25) is 9.59 Å². The van der Waals surface area contributed by atoms with E-state index in [0.29, 0.717) is 27.8 Å². The predicted molar refractivity (Wildman–Crippen MR) is 117 cm³/mol. The van der Waals surface area contributed by atoms with Crippen molar-refractivity contribution >= 4 is 34.8 Å². The summed E-state index contributed by atoms with van der Waals surface area (Å²) in [6, 6.07) is 12.8. The third kappa shape index (κ3) is 4.73. The van der Waals surface area contributed by atoms with Crippen LogP contribution in [0.1, 0.15) is 53.3 Å². The molecule has 0 spiro atoms. The number of rotatable bonds is 5. The van der Waals surface area contributed by atoms with Gasteiger partial charge in [0.1, 0.15) is 0 Å².